The maximum absolute atomic E-state index is 11.5. The van der Waals surface area contributed by atoms with Crippen LogP contribution in [0, 0.1) is 0 Å². The largest absolute Gasteiger partial charge is 0.478 e. The molecule has 2 unspecified atom stereocenters. The van der Waals surface area contributed by atoms with Crippen molar-refractivity contribution >= 4 is 11.8 Å². The van der Waals surface area contributed by atoms with Gasteiger partial charge in [-0.2, -0.15) is 0 Å². The Hall–Kier alpha value is -1.62. The first-order valence-electron chi connectivity index (χ1n) is 7.21. The zero-order valence-electron chi connectivity index (χ0n) is 11.9. The molecule has 108 valence electrons. The van der Waals surface area contributed by atoms with E-state index in [0.717, 1.165) is 30.5 Å². The van der Waals surface area contributed by atoms with Crippen LogP contribution in [0.3, 0.4) is 0 Å². The molecular formula is C15H20N2O3. The van der Waals surface area contributed by atoms with Crippen molar-refractivity contribution in [1.29, 1.82) is 0 Å². The standard InChI is InChI=1S/C15H20N2O3/c1-9-7-17(8-10(2)20-9)14-12(15(18)19)6-11-4-3-5-13(11)16-14/h6,9-10H,3-5,7-8H2,1-2H3,(H,18,19). The zero-order chi connectivity index (χ0) is 14.3. The van der Waals surface area contributed by atoms with Crippen molar-refractivity contribution in [2.75, 3.05) is 18.0 Å². The third-order valence-corrected chi connectivity index (χ3v) is 3.98. The number of pyridine rings is 1. The van der Waals surface area contributed by atoms with Gasteiger partial charge in [-0.15, -0.1) is 0 Å². The van der Waals surface area contributed by atoms with Gasteiger partial charge in [0.15, 0.2) is 0 Å². The summed E-state index contributed by atoms with van der Waals surface area (Å²) in [6, 6.07) is 1.82. The minimum absolute atomic E-state index is 0.0930. The summed E-state index contributed by atoms with van der Waals surface area (Å²) in [6.45, 7) is 5.40. The van der Waals surface area contributed by atoms with Crippen LogP contribution in [-0.4, -0.2) is 41.4 Å². The monoisotopic (exact) mass is 276 g/mol. The Labute approximate surface area is 118 Å². The van der Waals surface area contributed by atoms with Crippen LogP contribution in [0.4, 0.5) is 5.82 Å². The summed E-state index contributed by atoms with van der Waals surface area (Å²) in [4.78, 5) is 18.2. The summed E-state index contributed by atoms with van der Waals surface area (Å²) in [7, 11) is 0. The van der Waals surface area contributed by atoms with E-state index in [1.165, 1.54) is 0 Å². The van der Waals surface area contributed by atoms with E-state index < -0.39 is 5.97 Å². The average molecular weight is 276 g/mol. The molecule has 5 heteroatoms. The highest BCUT2D eigenvalue weighted by atomic mass is 16.5. The number of anilines is 1. The molecule has 2 atom stereocenters. The number of aromatic carboxylic acids is 1. The van der Waals surface area contributed by atoms with Crippen LogP contribution >= 0.6 is 0 Å². The highest BCUT2D eigenvalue weighted by Crippen LogP contribution is 2.29. The lowest BCUT2D eigenvalue weighted by molar-refractivity contribution is -0.00557. The van der Waals surface area contributed by atoms with Crippen LogP contribution < -0.4 is 4.90 Å². The van der Waals surface area contributed by atoms with E-state index >= 15 is 0 Å². The molecule has 0 bridgehead atoms. The lowest BCUT2D eigenvalue weighted by atomic mass is 10.1. The number of aryl methyl sites for hydroxylation is 2. The summed E-state index contributed by atoms with van der Waals surface area (Å²) in [5.41, 5.74) is 2.49. The van der Waals surface area contributed by atoms with Crippen LogP contribution in [0.15, 0.2) is 6.07 Å². The molecule has 1 aromatic rings. The Kier molecular flexibility index (Phi) is 3.38. The molecule has 1 N–H and O–H groups in total. The molecule has 1 aliphatic carbocycles. The molecule has 20 heavy (non-hydrogen) atoms. The molecule has 1 fully saturated rings. The first kappa shape index (κ1) is 13.4. The molecule has 2 aliphatic rings. The Balaban J connectivity index is 2.01. The van der Waals surface area contributed by atoms with E-state index in [0.29, 0.717) is 24.5 Å². The van der Waals surface area contributed by atoms with Gasteiger partial charge in [-0.25, -0.2) is 9.78 Å². The van der Waals surface area contributed by atoms with Gasteiger partial charge in [0.1, 0.15) is 11.4 Å². The van der Waals surface area contributed by atoms with Crippen molar-refractivity contribution < 1.29 is 14.6 Å². The quantitative estimate of drug-likeness (QED) is 0.893. The number of hydrogen-bond acceptors (Lipinski definition) is 4. The maximum Gasteiger partial charge on any atom is 0.339 e. The SMILES string of the molecule is CC1CN(c2nc3c(cc2C(=O)O)CCC3)CC(C)O1. The van der Waals surface area contributed by atoms with Crippen LogP contribution in [0.2, 0.25) is 0 Å². The second kappa shape index (κ2) is 5.05. The third kappa shape index (κ3) is 2.38. The third-order valence-electron chi connectivity index (χ3n) is 3.98. The predicted molar refractivity (Wildman–Crippen MR) is 75.4 cm³/mol. The van der Waals surface area contributed by atoms with E-state index in [1.54, 1.807) is 0 Å². The molecule has 3 rings (SSSR count). The van der Waals surface area contributed by atoms with Gasteiger partial charge in [0.25, 0.3) is 0 Å². The van der Waals surface area contributed by atoms with Crippen LogP contribution in [0.5, 0.6) is 0 Å². The van der Waals surface area contributed by atoms with E-state index in [9.17, 15) is 9.90 Å². The van der Waals surface area contributed by atoms with E-state index in [1.807, 2.05) is 19.9 Å². The molecule has 0 aromatic carbocycles. The van der Waals surface area contributed by atoms with Crippen molar-refractivity contribution in [2.24, 2.45) is 0 Å². The lowest BCUT2D eigenvalue weighted by Crippen LogP contribution is -2.46. The van der Waals surface area contributed by atoms with Crippen molar-refractivity contribution in [3.8, 4) is 0 Å². The van der Waals surface area contributed by atoms with Gasteiger partial charge >= 0.3 is 5.97 Å². The molecule has 1 saturated heterocycles. The van der Waals surface area contributed by atoms with E-state index in [4.69, 9.17) is 4.74 Å². The number of nitrogens with zero attached hydrogens (tertiary/aromatic N) is 2. The maximum atomic E-state index is 11.5. The second-order valence-corrected chi connectivity index (χ2v) is 5.79. The predicted octanol–water partition coefficient (Wildman–Crippen LogP) is 1.88. The number of hydrogen-bond donors (Lipinski definition) is 1. The van der Waals surface area contributed by atoms with Gasteiger partial charge in [-0.3, -0.25) is 0 Å². The van der Waals surface area contributed by atoms with Gasteiger partial charge in [0.05, 0.1) is 12.2 Å². The molecule has 0 spiro atoms. The highest BCUT2D eigenvalue weighted by Gasteiger charge is 2.28. The molecule has 2 heterocycles. The van der Waals surface area contributed by atoms with E-state index in [-0.39, 0.29) is 12.2 Å². The molecule has 0 saturated carbocycles. The summed E-state index contributed by atoms with van der Waals surface area (Å²) in [6.07, 6.45) is 3.16. The average Bonchev–Trinajstić information content (AvgIpc) is 2.83. The minimum atomic E-state index is -0.894. The molecule has 1 aromatic heterocycles. The molecule has 1 aliphatic heterocycles. The van der Waals surface area contributed by atoms with Crippen LogP contribution in [0.25, 0.3) is 0 Å². The van der Waals surface area contributed by atoms with Gasteiger partial charge in [-0.1, -0.05) is 0 Å². The number of carbonyl (C=O) groups is 1. The van der Waals surface area contributed by atoms with Crippen molar-refractivity contribution in [3.63, 3.8) is 0 Å². The Morgan fingerprint density at radius 2 is 2.05 bits per heavy atom. The Morgan fingerprint density at radius 1 is 1.35 bits per heavy atom. The Bertz CT molecular complexity index is 534. The summed E-state index contributed by atoms with van der Waals surface area (Å²) < 4.78 is 5.71. The fourth-order valence-electron chi connectivity index (χ4n) is 3.21. The summed E-state index contributed by atoms with van der Waals surface area (Å²) >= 11 is 0. The van der Waals surface area contributed by atoms with Crippen molar-refractivity contribution in [2.45, 2.75) is 45.3 Å². The molecule has 5 nitrogen and oxygen atoms in total. The van der Waals surface area contributed by atoms with Crippen molar-refractivity contribution in [1.82, 2.24) is 4.98 Å². The zero-order valence-corrected chi connectivity index (χ0v) is 11.9. The van der Waals surface area contributed by atoms with Gasteiger partial charge < -0.3 is 14.7 Å². The fraction of sp³-hybridized carbons (Fsp3) is 0.600. The molecule has 0 radical (unpaired) electrons. The highest BCUT2D eigenvalue weighted by molar-refractivity contribution is 5.93. The topological polar surface area (TPSA) is 62.7 Å². The van der Waals surface area contributed by atoms with Gasteiger partial charge in [-0.05, 0) is 44.7 Å². The number of morpholine rings is 1. The van der Waals surface area contributed by atoms with Crippen LogP contribution in [0.1, 0.15) is 41.9 Å². The number of ether oxygens (including phenoxy) is 1. The summed E-state index contributed by atoms with van der Waals surface area (Å²) in [5, 5.41) is 9.46. The Morgan fingerprint density at radius 3 is 2.70 bits per heavy atom. The number of carboxylic acids is 1. The molecule has 0 amide bonds. The summed E-state index contributed by atoms with van der Waals surface area (Å²) in [5.74, 6) is -0.283. The van der Waals surface area contributed by atoms with Crippen molar-refractivity contribution in [3.05, 3.63) is 22.9 Å². The number of fused-ring (bicyclic) bond motifs is 1. The first-order chi connectivity index (χ1) is 9.54. The number of rotatable bonds is 2. The molecular weight excluding hydrogens is 256 g/mol. The first-order valence-corrected chi connectivity index (χ1v) is 7.21. The van der Waals surface area contributed by atoms with Gasteiger partial charge in [0.2, 0.25) is 0 Å². The van der Waals surface area contributed by atoms with E-state index in [2.05, 4.69) is 9.88 Å². The second-order valence-electron chi connectivity index (χ2n) is 5.79. The number of aromatic nitrogens is 1. The number of carboxylic acid groups (broad SMARTS) is 1. The lowest BCUT2D eigenvalue weighted by Gasteiger charge is -2.36. The smallest absolute Gasteiger partial charge is 0.339 e. The minimum Gasteiger partial charge on any atom is -0.478 e. The van der Waals surface area contributed by atoms with Gasteiger partial charge in [0, 0.05) is 18.8 Å². The normalized spacial score (nSPS) is 25.6. The fourth-order valence-corrected chi connectivity index (χ4v) is 3.21. The van der Waals surface area contributed by atoms with Crippen LogP contribution in [-0.2, 0) is 17.6 Å².